The highest BCUT2D eigenvalue weighted by molar-refractivity contribution is 7.91. The van der Waals surface area contributed by atoms with Crippen molar-refractivity contribution in [3.05, 3.63) is 11.9 Å². The quantitative estimate of drug-likeness (QED) is 0.545. The third-order valence-electron chi connectivity index (χ3n) is 3.17. The molecule has 106 valence electrons. The summed E-state index contributed by atoms with van der Waals surface area (Å²) in [6, 6.07) is -0.0944. The highest BCUT2D eigenvalue weighted by Gasteiger charge is 2.29. The van der Waals surface area contributed by atoms with Crippen molar-refractivity contribution in [1.29, 1.82) is 0 Å². The third kappa shape index (κ3) is 3.13. The van der Waals surface area contributed by atoms with E-state index in [0.29, 0.717) is 18.1 Å². The largest absolute Gasteiger partial charge is 0.366 e. The van der Waals surface area contributed by atoms with Crippen molar-refractivity contribution in [2.75, 3.05) is 22.2 Å². The molecule has 7 nitrogen and oxygen atoms in total. The maximum absolute atomic E-state index is 11.5. The van der Waals surface area contributed by atoms with Gasteiger partial charge in [-0.1, -0.05) is 13.8 Å². The molecule has 19 heavy (non-hydrogen) atoms. The minimum Gasteiger partial charge on any atom is -0.366 e. The monoisotopic (exact) mass is 285 g/mol. The molecule has 0 aromatic carbocycles. The van der Waals surface area contributed by atoms with Crippen LogP contribution in [-0.2, 0) is 9.84 Å². The lowest BCUT2D eigenvalue weighted by Crippen LogP contribution is -2.23. The van der Waals surface area contributed by atoms with Crippen LogP contribution in [0, 0.1) is 0 Å². The van der Waals surface area contributed by atoms with Crippen molar-refractivity contribution in [3.8, 4) is 0 Å². The van der Waals surface area contributed by atoms with Crippen LogP contribution < -0.4 is 16.6 Å². The van der Waals surface area contributed by atoms with Gasteiger partial charge in [0, 0.05) is 11.6 Å². The van der Waals surface area contributed by atoms with Crippen LogP contribution in [0.3, 0.4) is 0 Å². The fourth-order valence-electron chi connectivity index (χ4n) is 2.27. The Morgan fingerprint density at radius 3 is 2.58 bits per heavy atom. The Balaban J connectivity index is 2.25. The van der Waals surface area contributed by atoms with Gasteiger partial charge in [-0.05, 0) is 12.3 Å². The summed E-state index contributed by atoms with van der Waals surface area (Å²) < 4.78 is 22.9. The summed E-state index contributed by atoms with van der Waals surface area (Å²) in [5.41, 5.74) is 3.42. The predicted octanol–water partition coefficient (Wildman–Crippen LogP) is 0.485. The topological polar surface area (TPSA) is 110 Å². The van der Waals surface area contributed by atoms with Crippen molar-refractivity contribution in [2.45, 2.75) is 32.2 Å². The van der Waals surface area contributed by atoms with Crippen molar-refractivity contribution in [1.82, 2.24) is 9.97 Å². The lowest BCUT2D eigenvalue weighted by atomic mass is 10.0. The molecule has 0 spiro atoms. The van der Waals surface area contributed by atoms with Gasteiger partial charge in [0.2, 0.25) is 0 Å². The average molecular weight is 285 g/mol. The Morgan fingerprint density at radius 2 is 2.05 bits per heavy atom. The van der Waals surface area contributed by atoms with E-state index >= 15 is 0 Å². The Bertz CT molecular complexity index is 558. The highest BCUT2D eigenvalue weighted by atomic mass is 32.2. The van der Waals surface area contributed by atoms with E-state index in [1.165, 1.54) is 6.33 Å². The molecule has 1 unspecified atom stereocenters. The molecule has 1 atom stereocenters. The molecule has 0 aliphatic carbocycles. The Hall–Kier alpha value is -1.41. The molecule has 1 aliphatic rings. The zero-order chi connectivity index (χ0) is 14.0. The van der Waals surface area contributed by atoms with E-state index in [0.717, 1.165) is 5.56 Å². The first kappa shape index (κ1) is 14.0. The first-order valence-corrected chi connectivity index (χ1v) is 8.03. The van der Waals surface area contributed by atoms with Gasteiger partial charge in [0.25, 0.3) is 0 Å². The van der Waals surface area contributed by atoms with E-state index in [-0.39, 0.29) is 23.5 Å². The Labute approximate surface area is 112 Å². The fourth-order valence-corrected chi connectivity index (χ4v) is 3.95. The van der Waals surface area contributed by atoms with Crippen molar-refractivity contribution < 1.29 is 8.42 Å². The van der Waals surface area contributed by atoms with Crippen LogP contribution in [-0.4, -0.2) is 35.9 Å². The highest BCUT2D eigenvalue weighted by Crippen LogP contribution is 2.29. The zero-order valence-electron chi connectivity index (χ0n) is 11.0. The summed E-state index contributed by atoms with van der Waals surface area (Å²) in [5.74, 6) is 7.22. The molecule has 2 rings (SSSR count). The number of rotatable bonds is 4. The van der Waals surface area contributed by atoms with Crippen molar-refractivity contribution in [3.63, 3.8) is 0 Å². The molecule has 2 heterocycles. The van der Waals surface area contributed by atoms with Crippen LogP contribution >= 0.6 is 0 Å². The van der Waals surface area contributed by atoms with Crippen LogP contribution in [0.25, 0.3) is 0 Å². The number of anilines is 2. The molecular weight excluding hydrogens is 266 g/mol. The van der Waals surface area contributed by atoms with Crippen molar-refractivity contribution >= 4 is 21.5 Å². The normalized spacial score (nSPS) is 21.6. The first-order chi connectivity index (χ1) is 8.93. The number of sulfone groups is 1. The van der Waals surface area contributed by atoms with Crippen LogP contribution in [0.15, 0.2) is 6.33 Å². The zero-order valence-corrected chi connectivity index (χ0v) is 11.9. The number of hydrazine groups is 1. The van der Waals surface area contributed by atoms with E-state index in [2.05, 4.69) is 20.7 Å². The lowest BCUT2D eigenvalue weighted by Gasteiger charge is -2.19. The number of nitrogens with one attached hydrogen (secondary N) is 2. The second kappa shape index (κ2) is 5.30. The van der Waals surface area contributed by atoms with Gasteiger partial charge in [0.1, 0.15) is 18.0 Å². The molecule has 1 aliphatic heterocycles. The van der Waals surface area contributed by atoms with Gasteiger partial charge in [-0.25, -0.2) is 24.2 Å². The summed E-state index contributed by atoms with van der Waals surface area (Å²) in [4.78, 5) is 8.28. The SMILES string of the molecule is CC(C)c1c(NN)ncnc1NC1CCS(=O)(=O)C1. The van der Waals surface area contributed by atoms with Gasteiger partial charge < -0.3 is 10.7 Å². The van der Waals surface area contributed by atoms with E-state index in [9.17, 15) is 8.42 Å². The van der Waals surface area contributed by atoms with Crippen molar-refractivity contribution in [2.24, 2.45) is 5.84 Å². The van der Waals surface area contributed by atoms with Gasteiger partial charge in [-0.3, -0.25) is 0 Å². The molecule has 8 heteroatoms. The smallest absolute Gasteiger partial charge is 0.152 e. The summed E-state index contributed by atoms with van der Waals surface area (Å²) in [7, 11) is -2.91. The molecule has 0 amide bonds. The standard InChI is InChI=1S/C11H19N5O2S/c1-7(2)9-10(13-6-14-11(9)16-12)15-8-3-4-19(17,18)5-8/h6-8H,3-5,12H2,1-2H3,(H2,13,14,15,16). The van der Waals surface area contributed by atoms with Gasteiger partial charge in [-0.2, -0.15) is 0 Å². The predicted molar refractivity (Wildman–Crippen MR) is 74.6 cm³/mol. The number of hydrogen-bond acceptors (Lipinski definition) is 7. The third-order valence-corrected chi connectivity index (χ3v) is 4.94. The van der Waals surface area contributed by atoms with E-state index < -0.39 is 9.84 Å². The minimum absolute atomic E-state index is 0.0944. The minimum atomic E-state index is -2.91. The summed E-state index contributed by atoms with van der Waals surface area (Å²) >= 11 is 0. The second-order valence-corrected chi connectivity index (χ2v) is 7.26. The van der Waals surface area contributed by atoms with Crippen LogP contribution in [0.2, 0.25) is 0 Å². The molecule has 1 fully saturated rings. The number of aromatic nitrogens is 2. The van der Waals surface area contributed by atoms with Gasteiger partial charge in [0.05, 0.1) is 11.5 Å². The summed E-state index contributed by atoms with van der Waals surface area (Å²) in [6.07, 6.45) is 2.02. The summed E-state index contributed by atoms with van der Waals surface area (Å²) in [6.45, 7) is 4.02. The van der Waals surface area contributed by atoms with E-state index in [1.807, 2.05) is 13.8 Å². The molecule has 0 radical (unpaired) electrons. The molecule has 0 bridgehead atoms. The van der Waals surface area contributed by atoms with E-state index in [1.54, 1.807) is 0 Å². The van der Waals surface area contributed by atoms with Gasteiger partial charge >= 0.3 is 0 Å². The molecule has 0 saturated carbocycles. The first-order valence-electron chi connectivity index (χ1n) is 6.21. The Kier molecular flexibility index (Phi) is 3.91. The maximum atomic E-state index is 11.5. The molecule has 1 saturated heterocycles. The van der Waals surface area contributed by atoms with Gasteiger partial charge in [-0.15, -0.1) is 0 Å². The number of nitrogens with zero attached hydrogens (tertiary/aromatic N) is 2. The molecule has 1 aromatic rings. The number of nitrogen functional groups attached to an aromatic ring is 1. The summed E-state index contributed by atoms with van der Waals surface area (Å²) in [5, 5.41) is 3.20. The lowest BCUT2D eigenvalue weighted by molar-refractivity contribution is 0.602. The van der Waals surface area contributed by atoms with Gasteiger partial charge in [0.15, 0.2) is 9.84 Å². The molecular formula is C11H19N5O2S. The number of hydrogen-bond donors (Lipinski definition) is 3. The molecule has 1 aromatic heterocycles. The Morgan fingerprint density at radius 1 is 1.37 bits per heavy atom. The average Bonchev–Trinajstić information content (AvgIpc) is 2.68. The fraction of sp³-hybridized carbons (Fsp3) is 0.636. The molecule has 4 N–H and O–H groups in total. The van der Waals surface area contributed by atoms with E-state index in [4.69, 9.17) is 5.84 Å². The van der Waals surface area contributed by atoms with Crippen LogP contribution in [0.5, 0.6) is 0 Å². The maximum Gasteiger partial charge on any atom is 0.152 e. The number of nitrogens with two attached hydrogens (primary N) is 1. The van der Waals surface area contributed by atoms with Crippen LogP contribution in [0.1, 0.15) is 31.7 Å². The van der Waals surface area contributed by atoms with Crippen LogP contribution in [0.4, 0.5) is 11.6 Å². The second-order valence-electron chi connectivity index (χ2n) is 5.03.